The van der Waals surface area contributed by atoms with E-state index in [0.29, 0.717) is 6.54 Å². The number of ether oxygens (including phenoxy) is 1. The molecule has 32 heavy (non-hydrogen) atoms. The number of nitrogens with zero attached hydrogens (tertiary/aromatic N) is 2. The molecule has 0 radical (unpaired) electrons. The Kier molecular flexibility index (Phi) is 7.58. The zero-order valence-electron chi connectivity index (χ0n) is 17.6. The lowest BCUT2D eigenvalue weighted by atomic mass is 9.89. The molecule has 1 amide bonds. The molecule has 4 rings (SSSR count). The zero-order valence-corrected chi connectivity index (χ0v) is 18.4. The summed E-state index contributed by atoms with van der Waals surface area (Å²) in [5.41, 5.74) is 0.790. The van der Waals surface area contributed by atoms with Gasteiger partial charge >= 0.3 is 12.1 Å². The van der Waals surface area contributed by atoms with Crippen LogP contribution >= 0.6 is 11.3 Å². The van der Waals surface area contributed by atoms with Crippen molar-refractivity contribution in [3.63, 3.8) is 0 Å². The molecule has 0 saturated carbocycles. The standard InChI is InChI=1S/C20H24N2O2S.C2HF3O2/c1-16-7-8-18(25-16)13-21-11-9-20(10-12-21)15-22(19(23)14-24-20)17-5-3-2-4-6-17;3-2(4,5)1(6)7/h2-8H,9-15H2,1H3;(H,6,7). The molecular weight excluding hydrogens is 445 g/mol. The third-order valence-corrected chi connectivity index (χ3v) is 6.49. The minimum atomic E-state index is -5.08. The van der Waals surface area contributed by atoms with Gasteiger partial charge in [-0.1, -0.05) is 18.2 Å². The van der Waals surface area contributed by atoms with Crippen molar-refractivity contribution >= 4 is 28.9 Å². The van der Waals surface area contributed by atoms with Crippen LogP contribution in [0.15, 0.2) is 42.5 Å². The van der Waals surface area contributed by atoms with Gasteiger partial charge in [0.05, 0.1) is 12.1 Å². The topological polar surface area (TPSA) is 70.1 Å². The summed E-state index contributed by atoms with van der Waals surface area (Å²) in [4.78, 5) is 28.4. The molecule has 6 nitrogen and oxygen atoms in total. The first kappa shape index (κ1) is 24.2. The number of carboxylic acids is 1. The summed E-state index contributed by atoms with van der Waals surface area (Å²) < 4.78 is 37.8. The third kappa shape index (κ3) is 6.30. The van der Waals surface area contributed by atoms with E-state index in [4.69, 9.17) is 14.6 Å². The Morgan fingerprint density at radius 3 is 2.31 bits per heavy atom. The largest absolute Gasteiger partial charge is 0.490 e. The van der Waals surface area contributed by atoms with Gasteiger partial charge in [0.2, 0.25) is 0 Å². The van der Waals surface area contributed by atoms with Crippen LogP contribution in [-0.4, -0.2) is 59.9 Å². The van der Waals surface area contributed by atoms with Gasteiger partial charge in [-0.05, 0) is 44.0 Å². The van der Waals surface area contributed by atoms with E-state index in [1.54, 1.807) is 0 Å². The number of aryl methyl sites for hydroxylation is 1. The number of morpholine rings is 1. The van der Waals surface area contributed by atoms with Gasteiger partial charge in [-0.3, -0.25) is 9.69 Å². The van der Waals surface area contributed by atoms with Crippen LogP contribution in [0.3, 0.4) is 0 Å². The molecule has 2 aliphatic rings. The third-order valence-electron chi connectivity index (χ3n) is 5.50. The molecule has 2 aliphatic heterocycles. The molecule has 2 fully saturated rings. The van der Waals surface area contributed by atoms with Gasteiger partial charge in [0.1, 0.15) is 6.61 Å². The summed E-state index contributed by atoms with van der Waals surface area (Å²) >= 11 is 1.88. The second-order valence-electron chi connectivity index (χ2n) is 7.88. The number of benzene rings is 1. The Bertz CT molecular complexity index is 925. The SMILES string of the molecule is Cc1ccc(CN2CCC3(CC2)CN(c2ccccc2)C(=O)CO3)s1.O=C(O)C(F)(F)F. The van der Waals surface area contributed by atoms with Crippen molar-refractivity contribution in [3.8, 4) is 0 Å². The summed E-state index contributed by atoms with van der Waals surface area (Å²) in [6.07, 6.45) is -3.12. The maximum Gasteiger partial charge on any atom is 0.490 e. The number of para-hydroxylation sites is 1. The van der Waals surface area contributed by atoms with Gasteiger partial charge in [-0.25, -0.2) is 4.79 Å². The molecule has 2 saturated heterocycles. The van der Waals surface area contributed by atoms with Crippen LogP contribution in [0.5, 0.6) is 0 Å². The molecule has 1 aromatic heterocycles. The minimum Gasteiger partial charge on any atom is -0.475 e. The second kappa shape index (κ2) is 10.0. The number of carboxylic acid groups (broad SMARTS) is 1. The number of alkyl halides is 3. The summed E-state index contributed by atoms with van der Waals surface area (Å²) in [7, 11) is 0. The van der Waals surface area contributed by atoms with Crippen LogP contribution in [0.1, 0.15) is 22.6 Å². The van der Waals surface area contributed by atoms with Crippen molar-refractivity contribution in [1.29, 1.82) is 0 Å². The maximum absolute atomic E-state index is 12.3. The van der Waals surface area contributed by atoms with Crippen molar-refractivity contribution in [1.82, 2.24) is 4.90 Å². The number of halogens is 3. The number of aliphatic carboxylic acids is 1. The van der Waals surface area contributed by atoms with E-state index in [0.717, 1.165) is 38.2 Å². The Hall–Kier alpha value is -2.43. The smallest absolute Gasteiger partial charge is 0.475 e. The Labute approximate surface area is 188 Å². The van der Waals surface area contributed by atoms with E-state index in [-0.39, 0.29) is 18.1 Å². The van der Waals surface area contributed by atoms with E-state index in [1.807, 2.05) is 46.6 Å². The quantitative estimate of drug-likeness (QED) is 0.732. The summed E-state index contributed by atoms with van der Waals surface area (Å²) in [6, 6.07) is 14.4. The summed E-state index contributed by atoms with van der Waals surface area (Å²) in [6.45, 7) is 6.09. The van der Waals surface area contributed by atoms with Crippen molar-refractivity contribution in [3.05, 3.63) is 52.2 Å². The Balaban J connectivity index is 0.000000360. The van der Waals surface area contributed by atoms with Crippen LogP contribution in [0.25, 0.3) is 0 Å². The number of anilines is 1. The van der Waals surface area contributed by atoms with Crippen molar-refractivity contribution in [2.24, 2.45) is 0 Å². The molecule has 0 atom stereocenters. The monoisotopic (exact) mass is 470 g/mol. The highest BCUT2D eigenvalue weighted by atomic mass is 32.1. The molecule has 1 spiro atoms. The molecule has 10 heteroatoms. The molecule has 3 heterocycles. The molecular formula is C22H25F3N2O4S. The number of piperidine rings is 1. The second-order valence-corrected chi connectivity index (χ2v) is 9.25. The first-order valence-corrected chi connectivity index (χ1v) is 11.0. The number of carbonyl (C=O) groups is 2. The number of rotatable bonds is 3. The lowest BCUT2D eigenvalue weighted by Crippen LogP contribution is -2.58. The zero-order chi connectivity index (χ0) is 23.4. The Morgan fingerprint density at radius 1 is 1.16 bits per heavy atom. The molecule has 1 aromatic carbocycles. The highest BCUT2D eigenvalue weighted by Crippen LogP contribution is 2.33. The van der Waals surface area contributed by atoms with Gasteiger partial charge in [-0.15, -0.1) is 11.3 Å². The summed E-state index contributed by atoms with van der Waals surface area (Å²) in [5.74, 6) is -2.69. The van der Waals surface area contributed by atoms with Gasteiger partial charge in [-0.2, -0.15) is 13.2 Å². The van der Waals surface area contributed by atoms with E-state index < -0.39 is 12.1 Å². The van der Waals surface area contributed by atoms with Crippen molar-refractivity contribution in [2.45, 2.75) is 38.1 Å². The molecule has 0 aliphatic carbocycles. The van der Waals surface area contributed by atoms with E-state index >= 15 is 0 Å². The number of hydrogen-bond donors (Lipinski definition) is 1. The van der Waals surface area contributed by atoms with Gasteiger partial charge < -0.3 is 14.7 Å². The van der Waals surface area contributed by atoms with Gasteiger partial charge in [0.25, 0.3) is 5.91 Å². The minimum absolute atomic E-state index is 0.0633. The lowest BCUT2D eigenvalue weighted by molar-refractivity contribution is -0.192. The van der Waals surface area contributed by atoms with Crippen molar-refractivity contribution in [2.75, 3.05) is 31.1 Å². The van der Waals surface area contributed by atoms with Crippen LogP contribution in [0, 0.1) is 6.92 Å². The normalized spacial score (nSPS) is 18.9. The fraction of sp³-hybridized carbons (Fsp3) is 0.455. The number of amides is 1. The molecule has 1 N–H and O–H groups in total. The number of thiophene rings is 1. The predicted octanol–water partition coefficient (Wildman–Crippen LogP) is 4.09. The van der Waals surface area contributed by atoms with E-state index in [2.05, 4.69) is 24.0 Å². The van der Waals surface area contributed by atoms with Crippen LogP contribution < -0.4 is 4.90 Å². The van der Waals surface area contributed by atoms with E-state index in [1.165, 1.54) is 9.75 Å². The highest BCUT2D eigenvalue weighted by Gasteiger charge is 2.42. The molecule has 0 unspecified atom stereocenters. The predicted molar refractivity (Wildman–Crippen MR) is 115 cm³/mol. The van der Waals surface area contributed by atoms with Crippen LogP contribution in [0.2, 0.25) is 0 Å². The van der Waals surface area contributed by atoms with Crippen LogP contribution in [-0.2, 0) is 20.9 Å². The van der Waals surface area contributed by atoms with Gasteiger partial charge in [0, 0.05) is 35.1 Å². The number of likely N-dealkylation sites (tertiary alicyclic amines) is 1. The fourth-order valence-corrected chi connectivity index (χ4v) is 4.70. The maximum atomic E-state index is 12.3. The highest BCUT2D eigenvalue weighted by molar-refractivity contribution is 7.11. The van der Waals surface area contributed by atoms with Crippen LogP contribution in [0.4, 0.5) is 18.9 Å². The molecule has 2 aromatic rings. The average molecular weight is 471 g/mol. The lowest BCUT2D eigenvalue weighted by Gasteiger charge is -2.47. The first-order chi connectivity index (χ1) is 15.1. The van der Waals surface area contributed by atoms with E-state index in [9.17, 15) is 18.0 Å². The fourth-order valence-electron chi connectivity index (χ4n) is 3.77. The number of carbonyl (C=O) groups excluding carboxylic acids is 1. The first-order valence-electron chi connectivity index (χ1n) is 10.2. The summed E-state index contributed by atoms with van der Waals surface area (Å²) in [5, 5.41) is 7.12. The number of hydrogen-bond acceptors (Lipinski definition) is 5. The molecule has 0 bridgehead atoms. The Morgan fingerprint density at radius 2 is 1.78 bits per heavy atom. The van der Waals surface area contributed by atoms with Crippen molar-refractivity contribution < 1.29 is 32.6 Å². The van der Waals surface area contributed by atoms with Gasteiger partial charge in [0.15, 0.2) is 0 Å². The molecule has 174 valence electrons. The average Bonchev–Trinajstić information content (AvgIpc) is 3.17.